The standard InChI is InChI=1S/C22H21ClN8O2S/c1-4-29-16(11-34-21-27-20-24-12(2)9-13(3)31(20)28-21)25-18-17(29)19(32)26-22(33)30(18)10-14-5-7-15(23)8-6-14/h5-9H,4,10-11H2,1-3H3,(H,26,32,33). The van der Waals surface area contributed by atoms with Crippen molar-refractivity contribution in [2.45, 2.75) is 44.8 Å². The molecule has 12 heteroatoms. The van der Waals surface area contributed by atoms with E-state index in [0.717, 1.165) is 17.0 Å². The number of nitrogens with one attached hydrogen (secondary N) is 1. The highest BCUT2D eigenvalue weighted by atomic mass is 35.5. The average molecular weight is 497 g/mol. The van der Waals surface area contributed by atoms with Gasteiger partial charge < -0.3 is 4.57 Å². The molecule has 1 aromatic carbocycles. The van der Waals surface area contributed by atoms with E-state index in [1.807, 2.05) is 43.5 Å². The molecule has 0 atom stereocenters. The van der Waals surface area contributed by atoms with E-state index >= 15 is 0 Å². The number of imidazole rings is 1. The molecule has 1 N–H and O–H groups in total. The number of nitrogens with zero attached hydrogens (tertiary/aromatic N) is 7. The summed E-state index contributed by atoms with van der Waals surface area (Å²) in [4.78, 5) is 41.4. The molecule has 10 nitrogen and oxygen atoms in total. The predicted molar refractivity (Wildman–Crippen MR) is 131 cm³/mol. The van der Waals surface area contributed by atoms with E-state index in [-0.39, 0.29) is 6.54 Å². The molecule has 34 heavy (non-hydrogen) atoms. The van der Waals surface area contributed by atoms with Crippen molar-refractivity contribution in [2.75, 3.05) is 0 Å². The maximum absolute atomic E-state index is 12.7. The zero-order valence-electron chi connectivity index (χ0n) is 18.7. The van der Waals surface area contributed by atoms with E-state index in [0.29, 0.717) is 45.2 Å². The molecule has 0 aliphatic carbocycles. The second-order valence-electron chi connectivity index (χ2n) is 7.85. The number of aryl methyl sites for hydroxylation is 3. The van der Waals surface area contributed by atoms with Gasteiger partial charge in [-0.2, -0.15) is 4.98 Å². The Labute approximate surface area is 202 Å². The monoisotopic (exact) mass is 496 g/mol. The third-order valence-electron chi connectivity index (χ3n) is 5.46. The minimum atomic E-state index is -0.508. The van der Waals surface area contributed by atoms with Crippen molar-refractivity contribution in [1.29, 1.82) is 0 Å². The Hall–Kier alpha value is -3.44. The molecule has 0 bridgehead atoms. The number of aromatic amines is 1. The zero-order chi connectivity index (χ0) is 24.0. The molecule has 0 aliphatic heterocycles. The van der Waals surface area contributed by atoms with Crippen molar-refractivity contribution in [3.05, 3.63) is 79.0 Å². The number of H-pyrrole nitrogens is 1. The van der Waals surface area contributed by atoms with Gasteiger partial charge in [-0.15, -0.1) is 5.10 Å². The lowest BCUT2D eigenvalue weighted by Crippen LogP contribution is -2.31. The predicted octanol–water partition coefficient (Wildman–Crippen LogP) is 2.95. The molecular formula is C22H21ClN8O2S. The second kappa shape index (κ2) is 8.73. The lowest BCUT2D eigenvalue weighted by molar-refractivity contribution is 0.736. The Balaban J connectivity index is 1.53. The van der Waals surface area contributed by atoms with Crippen molar-refractivity contribution in [3.8, 4) is 0 Å². The van der Waals surface area contributed by atoms with Crippen LogP contribution in [0.1, 0.15) is 29.7 Å². The summed E-state index contributed by atoms with van der Waals surface area (Å²) in [5, 5.41) is 5.69. The van der Waals surface area contributed by atoms with Crippen LogP contribution in [0.2, 0.25) is 5.02 Å². The Morgan fingerprint density at radius 3 is 2.56 bits per heavy atom. The first-order chi connectivity index (χ1) is 16.3. The minimum Gasteiger partial charge on any atom is -0.322 e. The lowest BCUT2D eigenvalue weighted by atomic mass is 10.2. The van der Waals surface area contributed by atoms with Crippen LogP contribution in [0.25, 0.3) is 16.9 Å². The van der Waals surface area contributed by atoms with Crippen LogP contribution in [0.3, 0.4) is 0 Å². The molecule has 0 fully saturated rings. The van der Waals surface area contributed by atoms with E-state index in [9.17, 15) is 9.59 Å². The highest BCUT2D eigenvalue weighted by Gasteiger charge is 2.19. The largest absolute Gasteiger partial charge is 0.330 e. The smallest absolute Gasteiger partial charge is 0.322 e. The highest BCUT2D eigenvalue weighted by molar-refractivity contribution is 7.98. The Kier molecular flexibility index (Phi) is 5.74. The van der Waals surface area contributed by atoms with Crippen molar-refractivity contribution >= 4 is 40.3 Å². The van der Waals surface area contributed by atoms with Crippen LogP contribution in [0, 0.1) is 13.8 Å². The molecule has 0 saturated heterocycles. The number of fused-ring (bicyclic) bond motifs is 2. The quantitative estimate of drug-likeness (QED) is 0.359. The fourth-order valence-corrected chi connectivity index (χ4v) is 4.82. The number of halogens is 1. The summed E-state index contributed by atoms with van der Waals surface area (Å²) in [5.41, 5.74) is 2.43. The molecule has 5 aromatic rings. The van der Waals surface area contributed by atoms with Gasteiger partial charge in [-0.25, -0.2) is 19.3 Å². The number of hydrogen-bond donors (Lipinski definition) is 1. The minimum absolute atomic E-state index is 0.259. The van der Waals surface area contributed by atoms with Gasteiger partial charge in [0, 0.05) is 23.0 Å². The summed E-state index contributed by atoms with van der Waals surface area (Å²) >= 11 is 7.38. The molecule has 0 saturated carbocycles. The summed E-state index contributed by atoms with van der Waals surface area (Å²) < 4.78 is 4.99. The lowest BCUT2D eigenvalue weighted by Gasteiger charge is -2.07. The third-order valence-corrected chi connectivity index (χ3v) is 6.55. The van der Waals surface area contributed by atoms with Crippen molar-refractivity contribution in [1.82, 2.24) is 38.7 Å². The van der Waals surface area contributed by atoms with Crippen LogP contribution in [0.15, 0.2) is 45.1 Å². The Morgan fingerprint density at radius 2 is 1.82 bits per heavy atom. The van der Waals surface area contributed by atoms with E-state index in [4.69, 9.17) is 16.6 Å². The summed E-state index contributed by atoms with van der Waals surface area (Å²) in [6, 6.07) is 9.14. The number of rotatable bonds is 6. The van der Waals surface area contributed by atoms with Gasteiger partial charge in [-0.3, -0.25) is 14.3 Å². The highest BCUT2D eigenvalue weighted by Crippen LogP contribution is 2.23. The summed E-state index contributed by atoms with van der Waals surface area (Å²) in [6.45, 7) is 6.58. The molecular weight excluding hydrogens is 476 g/mol. The normalized spacial score (nSPS) is 11.6. The number of thioether (sulfide) groups is 1. The van der Waals surface area contributed by atoms with Crippen LogP contribution in [0.4, 0.5) is 0 Å². The van der Waals surface area contributed by atoms with Gasteiger partial charge in [0.05, 0.1) is 12.3 Å². The third kappa shape index (κ3) is 4.01. The topological polar surface area (TPSA) is 116 Å². The number of benzene rings is 1. The summed E-state index contributed by atoms with van der Waals surface area (Å²) in [7, 11) is 0. The first-order valence-corrected chi connectivity index (χ1v) is 12.0. The Morgan fingerprint density at radius 1 is 1.06 bits per heavy atom. The average Bonchev–Trinajstić information content (AvgIpc) is 3.37. The molecule has 0 radical (unpaired) electrons. The maximum atomic E-state index is 12.7. The fraction of sp³-hybridized carbons (Fsp3) is 0.273. The molecule has 0 unspecified atom stereocenters. The van der Waals surface area contributed by atoms with E-state index in [2.05, 4.69) is 20.1 Å². The zero-order valence-corrected chi connectivity index (χ0v) is 20.3. The molecule has 4 aromatic heterocycles. The van der Waals surface area contributed by atoms with E-state index in [1.165, 1.54) is 16.3 Å². The van der Waals surface area contributed by atoms with E-state index in [1.54, 1.807) is 16.6 Å². The summed E-state index contributed by atoms with van der Waals surface area (Å²) in [5.74, 6) is 1.62. The molecule has 5 rings (SSSR count). The van der Waals surface area contributed by atoms with Crippen LogP contribution in [0.5, 0.6) is 0 Å². The van der Waals surface area contributed by atoms with Gasteiger partial charge >= 0.3 is 5.69 Å². The molecule has 0 amide bonds. The van der Waals surface area contributed by atoms with E-state index < -0.39 is 11.2 Å². The van der Waals surface area contributed by atoms with Gasteiger partial charge in [0.15, 0.2) is 11.2 Å². The second-order valence-corrected chi connectivity index (χ2v) is 9.23. The van der Waals surface area contributed by atoms with Crippen LogP contribution < -0.4 is 11.2 Å². The van der Waals surface area contributed by atoms with Crippen LogP contribution in [-0.4, -0.2) is 38.7 Å². The molecule has 0 aliphatic rings. The Bertz CT molecular complexity index is 1650. The maximum Gasteiger partial charge on any atom is 0.330 e. The molecule has 174 valence electrons. The van der Waals surface area contributed by atoms with Crippen molar-refractivity contribution in [3.63, 3.8) is 0 Å². The molecule has 4 heterocycles. The van der Waals surface area contributed by atoms with Gasteiger partial charge in [-0.1, -0.05) is 35.5 Å². The van der Waals surface area contributed by atoms with Crippen molar-refractivity contribution < 1.29 is 0 Å². The SMILES string of the molecule is CCn1c(CSc2nc3nc(C)cc(C)n3n2)nc2c1c(=O)[nH]c(=O)n2Cc1ccc(Cl)cc1. The van der Waals surface area contributed by atoms with Gasteiger partial charge in [0.1, 0.15) is 5.82 Å². The number of hydrogen-bond acceptors (Lipinski definition) is 7. The van der Waals surface area contributed by atoms with Gasteiger partial charge in [-0.05, 0) is 44.5 Å². The van der Waals surface area contributed by atoms with Crippen molar-refractivity contribution in [2.24, 2.45) is 0 Å². The molecule has 0 spiro atoms. The van der Waals surface area contributed by atoms with Gasteiger partial charge in [0.25, 0.3) is 11.3 Å². The van der Waals surface area contributed by atoms with Gasteiger partial charge in [0.2, 0.25) is 5.16 Å². The van der Waals surface area contributed by atoms with Crippen LogP contribution in [-0.2, 0) is 18.8 Å². The fourth-order valence-electron chi connectivity index (χ4n) is 3.93. The first kappa shape index (κ1) is 22.4. The summed E-state index contributed by atoms with van der Waals surface area (Å²) in [6.07, 6.45) is 0. The first-order valence-electron chi connectivity index (χ1n) is 10.6. The number of aromatic nitrogens is 8. The van der Waals surface area contributed by atoms with Crippen LogP contribution >= 0.6 is 23.4 Å².